The normalized spacial score (nSPS) is 39.5. The Morgan fingerprint density at radius 1 is 0.197 bits per heavy atom. The van der Waals surface area contributed by atoms with Crippen LogP contribution in [0, 0.1) is 108 Å². The van der Waals surface area contributed by atoms with Crippen LogP contribution < -0.4 is 18.9 Å². The average Bonchev–Trinajstić information content (AvgIpc) is 3.33. The molecule has 0 aromatic carbocycles. The van der Waals surface area contributed by atoms with Crippen molar-refractivity contribution in [3.63, 3.8) is 0 Å². The molecule has 0 unspecified atom stereocenters. The van der Waals surface area contributed by atoms with E-state index in [0.29, 0.717) is 0 Å². The third kappa shape index (κ3) is 23.0. The summed E-state index contributed by atoms with van der Waals surface area (Å²) in [5, 5.41) is 0. The van der Waals surface area contributed by atoms with Gasteiger partial charge in [0.1, 0.15) is 0 Å². The Morgan fingerprint density at radius 2 is 0.333 bits per heavy atom. The zero-order valence-corrected chi connectivity index (χ0v) is 46.4. The Kier molecular flexibility index (Phi) is 28.4. The van der Waals surface area contributed by atoms with Crippen LogP contribution in [-0.4, -0.2) is 0 Å². The van der Waals surface area contributed by atoms with Crippen molar-refractivity contribution in [1.82, 2.24) is 0 Å². The monoisotopic (exact) mass is 906 g/mol. The first-order valence-electron chi connectivity index (χ1n) is 31.2. The predicted molar refractivity (Wildman–Crippen MR) is 288 cm³/mol. The van der Waals surface area contributed by atoms with Crippen molar-refractivity contribution >= 4 is 0 Å². The summed E-state index contributed by atoms with van der Waals surface area (Å²) in [6, 6.07) is 0. The molecule has 0 heterocycles. The van der Waals surface area contributed by atoms with Gasteiger partial charge in [-0.25, -0.2) is 0 Å². The van der Waals surface area contributed by atoms with Gasteiger partial charge >= 0.3 is 18.9 Å². The molecule has 9 aliphatic rings. The van der Waals surface area contributed by atoms with Crippen LogP contribution in [0.2, 0.25) is 0 Å². The third-order valence-corrected chi connectivity index (χ3v) is 21.2. The first-order chi connectivity index (χ1) is 31.6. The van der Waals surface area contributed by atoms with Gasteiger partial charge in [0.15, 0.2) is 0 Å². The smallest absolute Gasteiger partial charge is 0.328 e. The molecule has 0 spiro atoms. The molecule has 0 saturated heterocycles. The largest absolute Gasteiger partial charge is 1.00 e. The molecule has 0 bridgehead atoms. The maximum atomic E-state index is 2.51. The van der Waals surface area contributed by atoms with Crippen LogP contribution in [0.1, 0.15) is 305 Å². The van der Waals surface area contributed by atoms with E-state index in [2.05, 4.69) is 54.4 Å². The van der Waals surface area contributed by atoms with Crippen molar-refractivity contribution in [2.24, 2.45) is 94.7 Å². The van der Waals surface area contributed by atoms with E-state index >= 15 is 0 Å². The Labute approximate surface area is 428 Å². The predicted octanol–water partition coefficient (Wildman–Crippen LogP) is 18.5. The quantitative estimate of drug-likeness (QED) is 0.151. The summed E-state index contributed by atoms with van der Waals surface area (Å²) >= 11 is 0. The molecule has 9 aliphatic carbocycles. The van der Waals surface area contributed by atoms with Crippen LogP contribution in [0.3, 0.4) is 0 Å². The van der Waals surface area contributed by atoms with Crippen molar-refractivity contribution in [2.75, 3.05) is 0 Å². The van der Waals surface area contributed by atoms with E-state index in [-0.39, 0.29) is 18.9 Å². The van der Waals surface area contributed by atoms with E-state index < -0.39 is 0 Å². The molecule has 380 valence electrons. The molecule has 1 heteroatoms. The third-order valence-electron chi connectivity index (χ3n) is 21.2. The molecule has 0 N–H and O–H groups in total. The van der Waals surface area contributed by atoms with E-state index in [1.165, 1.54) is 141 Å². The van der Waals surface area contributed by atoms with Crippen molar-refractivity contribution < 1.29 is 18.9 Å². The zero-order chi connectivity index (χ0) is 45.6. The van der Waals surface area contributed by atoms with Crippen molar-refractivity contribution in [1.29, 1.82) is 0 Å². The number of hydrogen-bond acceptors (Lipinski definition) is 0. The van der Waals surface area contributed by atoms with Gasteiger partial charge < -0.3 is 12.8 Å². The second kappa shape index (κ2) is 32.6. The molecular formula is C65H118Li-. The molecule has 9 rings (SSSR count). The van der Waals surface area contributed by atoms with E-state index in [0.717, 1.165) is 94.7 Å². The fourth-order valence-electron chi connectivity index (χ4n) is 15.9. The molecule has 0 aromatic rings. The summed E-state index contributed by atoms with van der Waals surface area (Å²) < 4.78 is 0. The van der Waals surface area contributed by atoms with Gasteiger partial charge in [0, 0.05) is 0 Å². The molecule has 9 fully saturated rings. The van der Waals surface area contributed by atoms with E-state index in [4.69, 9.17) is 0 Å². The minimum absolute atomic E-state index is 0. The minimum Gasteiger partial charge on any atom is -0.328 e. The maximum absolute atomic E-state index is 2.51. The fourth-order valence-corrected chi connectivity index (χ4v) is 15.9. The topological polar surface area (TPSA) is 0 Å². The van der Waals surface area contributed by atoms with Gasteiger partial charge in [0.05, 0.1) is 0 Å². The maximum Gasteiger partial charge on any atom is 1.00 e. The Morgan fingerprint density at radius 3 is 0.500 bits per heavy atom. The van der Waals surface area contributed by atoms with Crippen LogP contribution in [-0.2, 0) is 0 Å². The summed E-state index contributed by atoms with van der Waals surface area (Å²) in [5.41, 5.74) is 0. The van der Waals surface area contributed by atoms with Gasteiger partial charge in [-0.05, 0) is 127 Å². The molecule has 66 heavy (non-hydrogen) atoms. The molecule has 9 saturated carbocycles. The Balaban J connectivity index is 0.000000174. The van der Waals surface area contributed by atoms with Gasteiger partial charge in [0.2, 0.25) is 0 Å². The standard InChI is InChI=1S/C22H40.C21H37.C15H28.C7H13.Li/c1-17-3-7-19(8-4-17)15-21-11-13-22(14-12-21)16-20-9-5-18(2)6-10-20;1-17-7-9-19(10-8-17)16-21-13-11-20(12-14-21)15-18-5-3-2-4-6-18;1-12-3-7-14(8-4-12)11-15-9-5-13(2)6-10-15;1-7-5-3-2-4-6-7;/h17-22H,3-16H2,1-2H3;2,17-21H,3-16H2,1H3;12-15H,3-11H2,1-2H3;2,7H,3-6H2,1H3;/q;-1;;-1;+1. The first kappa shape index (κ1) is 57.5. The summed E-state index contributed by atoms with van der Waals surface area (Å²) in [6.07, 6.45) is 67.2. The van der Waals surface area contributed by atoms with Crippen LogP contribution in [0.4, 0.5) is 0 Å². The summed E-state index contributed by atoms with van der Waals surface area (Å²) in [4.78, 5) is 0. The molecule has 0 aromatic heterocycles. The first-order valence-corrected chi connectivity index (χ1v) is 31.2. The van der Waals surface area contributed by atoms with Crippen LogP contribution in [0.5, 0.6) is 0 Å². The summed E-state index contributed by atoms with van der Waals surface area (Å²) in [5.74, 6) is 17.0. The van der Waals surface area contributed by atoms with Crippen molar-refractivity contribution in [3.8, 4) is 0 Å². The van der Waals surface area contributed by atoms with E-state index in [9.17, 15) is 0 Å². The zero-order valence-electron chi connectivity index (χ0n) is 46.4. The SMILES string of the molecule is CC1CCC(CC2CCC(C)CC2)CC1.CC1CCC(CC2CCC(CC3CCC(C)CC3)CC2)CC1.CC1CCC(CC2CCC(CC3CC[CH-]CC3)CC2)CC1.CC1CC[CH-]CC1.[Li+]. The molecule has 0 atom stereocenters. The van der Waals surface area contributed by atoms with Crippen LogP contribution in [0.25, 0.3) is 0 Å². The second-order valence-corrected chi connectivity index (χ2v) is 27.4. The van der Waals surface area contributed by atoms with Gasteiger partial charge in [0.25, 0.3) is 0 Å². The van der Waals surface area contributed by atoms with Crippen LogP contribution >= 0.6 is 0 Å². The molecular weight excluding hydrogens is 788 g/mol. The second-order valence-electron chi connectivity index (χ2n) is 27.4. The number of rotatable bonds is 10. The molecule has 0 nitrogen and oxygen atoms in total. The van der Waals surface area contributed by atoms with Gasteiger partial charge in [-0.1, -0.05) is 247 Å². The van der Waals surface area contributed by atoms with Crippen LogP contribution in [0.15, 0.2) is 0 Å². The van der Waals surface area contributed by atoms with E-state index in [1.807, 2.05) is 0 Å². The van der Waals surface area contributed by atoms with Crippen molar-refractivity contribution in [2.45, 2.75) is 305 Å². The minimum atomic E-state index is 0. The van der Waals surface area contributed by atoms with Gasteiger partial charge in [-0.3, -0.25) is 0 Å². The Bertz CT molecular complexity index is 1070. The number of hydrogen-bond donors (Lipinski definition) is 0. The van der Waals surface area contributed by atoms with Crippen molar-refractivity contribution in [3.05, 3.63) is 12.8 Å². The van der Waals surface area contributed by atoms with E-state index in [1.54, 1.807) is 122 Å². The molecule has 0 amide bonds. The Hall–Kier alpha value is 0.597. The molecule has 0 aliphatic heterocycles. The van der Waals surface area contributed by atoms with Gasteiger partial charge in [-0.2, -0.15) is 25.7 Å². The summed E-state index contributed by atoms with van der Waals surface area (Å²) in [6.45, 7) is 14.6. The average molecular weight is 907 g/mol. The summed E-state index contributed by atoms with van der Waals surface area (Å²) in [7, 11) is 0. The fraction of sp³-hybridized carbons (Fsp3) is 0.969. The van der Waals surface area contributed by atoms with Gasteiger partial charge in [-0.15, -0.1) is 0 Å². The molecule has 0 radical (unpaired) electrons.